The lowest BCUT2D eigenvalue weighted by Gasteiger charge is -2.60. The van der Waals surface area contributed by atoms with Gasteiger partial charge in [-0.1, -0.05) is 24.2 Å². The number of aromatic nitrogens is 2. The van der Waals surface area contributed by atoms with Crippen LogP contribution in [0.15, 0.2) is 4.63 Å². The van der Waals surface area contributed by atoms with Gasteiger partial charge in [-0.25, -0.2) is 4.63 Å². The van der Waals surface area contributed by atoms with Crippen molar-refractivity contribution in [2.24, 2.45) is 34.5 Å². The molecular formula is C22H32N2O2. The molecule has 26 heavy (non-hydrogen) atoms. The van der Waals surface area contributed by atoms with E-state index < -0.39 is 0 Å². The van der Waals surface area contributed by atoms with Gasteiger partial charge < -0.3 is 4.74 Å². The van der Waals surface area contributed by atoms with Crippen LogP contribution in [0.5, 0.6) is 0 Å². The lowest BCUT2D eigenvalue weighted by Crippen LogP contribution is -2.57. The standard InChI is InChI=1S/C22H32N2O2/c1-20-13-19-18(23-26-24-19)12-14(20)4-5-15-16(20)6-9-21(2)17(15)7-10-22(21)8-3-11-25-22/h14-17H,3-13H2,1-2H3/t14-,15+,16-,17-,20-,21-,22-/m0/s1. The van der Waals surface area contributed by atoms with Gasteiger partial charge in [-0.3, -0.25) is 0 Å². The molecule has 4 aliphatic carbocycles. The number of fused-ring (bicyclic) bond motifs is 7. The van der Waals surface area contributed by atoms with Crippen LogP contribution in [0.2, 0.25) is 0 Å². The van der Waals surface area contributed by atoms with Crippen LogP contribution in [0.4, 0.5) is 0 Å². The van der Waals surface area contributed by atoms with Gasteiger partial charge in [-0.2, -0.15) is 0 Å². The molecule has 0 radical (unpaired) electrons. The highest BCUT2D eigenvalue weighted by molar-refractivity contribution is 5.22. The van der Waals surface area contributed by atoms with E-state index in [9.17, 15) is 0 Å². The average molecular weight is 357 g/mol. The molecule has 1 aliphatic heterocycles. The van der Waals surface area contributed by atoms with Crippen LogP contribution < -0.4 is 0 Å². The van der Waals surface area contributed by atoms with Gasteiger partial charge in [0, 0.05) is 13.0 Å². The van der Waals surface area contributed by atoms with Gasteiger partial charge in [0.15, 0.2) is 0 Å². The van der Waals surface area contributed by atoms with Gasteiger partial charge in [0.2, 0.25) is 0 Å². The van der Waals surface area contributed by atoms with Gasteiger partial charge in [0.05, 0.1) is 5.60 Å². The first-order valence-corrected chi connectivity index (χ1v) is 11.0. The van der Waals surface area contributed by atoms with E-state index in [4.69, 9.17) is 9.37 Å². The van der Waals surface area contributed by atoms with Gasteiger partial charge in [-0.05, 0) is 92.3 Å². The fourth-order valence-electron chi connectivity index (χ4n) is 8.69. The molecule has 1 saturated heterocycles. The minimum Gasteiger partial charge on any atom is -0.374 e. The van der Waals surface area contributed by atoms with Crippen molar-refractivity contribution >= 4 is 0 Å². The second-order valence-electron chi connectivity index (χ2n) is 10.6. The fourth-order valence-corrected chi connectivity index (χ4v) is 8.69. The Bertz CT molecular complexity index is 723. The summed E-state index contributed by atoms with van der Waals surface area (Å²) in [7, 11) is 0. The van der Waals surface area contributed by atoms with Crippen molar-refractivity contribution in [1.29, 1.82) is 0 Å². The maximum atomic E-state index is 6.49. The molecule has 4 heteroatoms. The molecule has 6 rings (SSSR count). The van der Waals surface area contributed by atoms with E-state index in [1.807, 2.05) is 0 Å². The molecule has 1 aromatic rings. The molecule has 0 unspecified atom stereocenters. The van der Waals surface area contributed by atoms with Gasteiger partial charge in [-0.15, -0.1) is 0 Å². The number of hydrogen-bond acceptors (Lipinski definition) is 4. The third-order valence-electron chi connectivity index (χ3n) is 10.1. The summed E-state index contributed by atoms with van der Waals surface area (Å²) in [5, 5.41) is 8.46. The summed E-state index contributed by atoms with van der Waals surface area (Å²) in [6.45, 7) is 6.17. The Morgan fingerprint density at radius 1 is 0.923 bits per heavy atom. The molecule has 0 aromatic carbocycles. The number of nitrogens with zero attached hydrogens (tertiary/aromatic N) is 2. The minimum absolute atomic E-state index is 0.218. The number of ether oxygens (including phenoxy) is 1. The van der Waals surface area contributed by atoms with Crippen molar-refractivity contribution in [2.45, 2.75) is 83.7 Å². The zero-order valence-electron chi connectivity index (χ0n) is 16.3. The summed E-state index contributed by atoms with van der Waals surface area (Å²) in [5.41, 5.74) is 3.33. The molecule has 2 heterocycles. The third kappa shape index (κ3) is 1.80. The van der Waals surface area contributed by atoms with E-state index in [1.165, 1.54) is 51.4 Å². The maximum Gasteiger partial charge on any atom is 0.108 e. The Hall–Kier alpha value is -0.900. The molecule has 7 atom stereocenters. The summed E-state index contributed by atoms with van der Waals surface area (Å²) in [6, 6.07) is 0. The highest BCUT2D eigenvalue weighted by Crippen LogP contribution is 2.69. The van der Waals surface area contributed by atoms with E-state index >= 15 is 0 Å². The summed E-state index contributed by atoms with van der Waals surface area (Å²) in [5.74, 6) is 3.38. The van der Waals surface area contributed by atoms with Crippen LogP contribution in [0.25, 0.3) is 0 Å². The van der Waals surface area contributed by atoms with E-state index in [1.54, 1.807) is 0 Å². The zero-order chi connectivity index (χ0) is 17.6. The molecule has 0 N–H and O–H groups in total. The SMILES string of the molecule is C[C@]12Cc3nonc3C[C@@H]1CC[C@@H]1[C@@H]2CC[C@@]2(C)[C@H]1CC[C@@]21CCCO1. The van der Waals surface area contributed by atoms with E-state index in [0.29, 0.717) is 10.8 Å². The van der Waals surface area contributed by atoms with Crippen molar-refractivity contribution in [3.8, 4) is 0 Å². The van der Waals surface area contributed by atoms with Crippen molar-refractivity contribution in [3.63, 3.8) is 0 Å². The third-order valence-corrected chi connectivity index (χ3v) is 10.1. The molecule has 0 amide bonds. The Kier molecular flexibility index (Phi) is 3.17. The number of rotatable bonds is 0. The van der Waals surface area contributed by atoms with Gasteiger partial charge >= 0.3 is 0 Å². The van der Waals surface area contributed by atoms with Gasteiger partial charge in [0.1, 0.15) is 11.4 Å². The highest BCUT2D eigenvalue weighted by Gasteiger charge is 2.66. The van der Waals surface area contributed by atoms with Crippen molar-refractivity contribution in [1.82, 2.24) is 10.3 Å². The molecule has 0 bridgehead atoms. The zero-order valence-corrected chi connectivity index (χ0v) is 16.3. The highest BCUT2D eigenvalue weighted by atomic mass is 16.6. The molecule has 1 aromatic heterocycles. The van der Waals surface area contributed by atoms with Crippen molar-refractivity contribution in [3.05, 3.63) is 11.4 Å². The van der Waals surface area contributed by atoms with Crippen LogP contribution >= 0.6 is 0 Å². The normalized spacial score (nSPS) is 52.4. The Labute approximate surface area is 156 Å². The number of hydrogen-bond donors (Lipinski definition) is 0. The maximum absolute atomic E-state index is 6.49. The minimum atomic E-state index is 0.218. The predicted molar refractivity (Wildman–Crippen MR) is 97.5 cm³/mol. The van der Waals surface area contributed by atoms with E-state index in [-0.39, 0.29) is 5.60 Å². The first-order chi connectivity index (χ1) is 12.6. The van der Waals surface area contributed by atoms with Crippen molar-refractivity contribution < 1.29 is 9.37 Å². The Balaban J connectivity index is 1.35. The van der Waals surface area contributed by atoms with Crippen LogP contribution in [-0.2, 0) is 17.6 Å². The first kappa shape index (κ1) is 16.1. The Morgan fingerprint density at radius 2 is 1.77 bits per heavy atom. The topological polar surface area (TPSA) is 48.2 Å². The van der Waals surface area contributed by atoms with Crippen molar-refractivity contribution in [2.75, 3.05) is 6.61 Å². The Morgan fingerprint density at radius 3 is 2.62 bits per heavy atom. The summed E-state index contributed by atoms with van der Waals surface area (Å²) < 4.78 is 11.6. The molecule has 142 valence electrons. The van der Waals surface area contributed by atoms with Crippen LogP contribution in [-0.4, -0.2) is 22.5 Å². The summed E-state index contributed by atoms with van der Waals surface area (Å²) in [4.78, 5) is 0. The molecule has 1 spiro atoms. The molecule has 3 saturated carbocycles. The van der Waals surface area contributed by atoms with Gasteiger partial charge in [0.25, 0.3) is 0 Å². The quantitative estimate of drug-likeness (QED) is 0.683. The molecule has 5 aliphatic rings. The molecule has 4 fully saturated rings. The second-order valence-corrected chi connectivity index (χ2v) is 10.6. The van der Waals surface area contributed by atoms with E-state index in [0.717, 1.165) is 54.5 Å². The summed E-state index contributed by atoms with van der Waals surface area (Å²) in [6.07, 6.45) is 13.0. The fraction of sp³-hybridized carbons (Fsp3) is 0.909. The lowest BCUT2D eigenvalue weighted by molar-refractivity contribution is -0.151. The largest absolute Gasteiger partial charge is 0.374 e. The smallest absolute Gasteiger partial charge is 0.108 e. The molecule has 4 nitrogen and oxygen atoms in total. The predicted octanol–water partition coefficient (Wildman–Crippen LogP) is 4.58. The average Bonchev–Trinajstić information content (AvgIpc) is 3.33. The van der Waals surface area contributed by atoms with E-state index in [2.05, 4.69) is 24.2 Å². The first-order valence-electron chi connectivity index (χ1n) is 11.0. The van der Waals surface area contributed by atoms with Crippen LogP contribution in [0.3, 0.4) is 0 Å². The second kappa shape index (κ2) is 5.12. The van der Waals surface area contributed by atoms with Crippen LogP contribution in [0, 0.1) is 34.5 Å². The van der Waals surface area contributed by atoms with Crippen LogP contribution in [0.1, 0.15) is 76.6 Å². The summed E-state index contributed by atoms with van der Waals surface area (Å²) >= 11 is 0. The lowest BCUT2D eigenvalue weighted by atomic mass is 9.44. The monoisotopic (exact) mass is 356 g/mol. The molecular weight excluding hydrogens is 324 g/mol.